The van der Waals surface area contributed by atoms with E-state index in [0.717, 1.165) is 5.56 Å². The number of nitrogens with one attached hydrogen (secondary N) is 1. The molecule has 0 saturated carbocycles. The van der Waals surface area contributed by atoms with Gasteiger partial charge in [-0.25, -0.2) is 0 Å². The number of ketones is 1. The van der Waals surface area contributed by atoms with Gasteiger partial charge in [-0.1, -0.05) is 31.1 Å². The van der Waals surface area contributed by atoms with Crippen molar-refractivity contribution in [1.82, 2.24) is 5.16 Å². The maximum atomic E-state index is 12.6. The molecule has 1 aromatic carbocycles. The molecule has 2 aromatic rings. The summed E-state index contributed by atoms with van der Waals surface area (Å²) in [7, 11) is 0. The molecule has 0 spiro atoms. The van der Waals surface area contributed by atoms with Crippen LogP contribution in [0, 0.1) is 13.8 Å². The molecule has 0 aliphatic heterocycles. The Bertz CT molecular complexity index is 730. The number of carbonyl (C=O) groups excluding carboxylic acids is 2. The molecule has 0 saturated heterocycles. The quantitative estimate of drug-likeness (QED) is 0.870. The summed E-state index contributed by atoms with van der Waals surface area (Å²) in [6.45, 7) is 9.00. The highest BCUT2D eigenvalue weighted by Crippen LogP contribution is 2.24. The smallest absolute Gasteiger partial charge is 0.261 e. The molecule has 1 aromatic heterocycles. The number of hydrogen-bond donors (Lipinski definition) is 1. The molecule has 5 nitrogen and oxygen atoms in total. The molecular formula is C17H20N2O3. The number of benzene rings is 1. The summed E-state index contributed by atoms with van der Waals surface area (Å²) in [5, 5.41) is 6.73. The Labute approximate surface area is 129 Å². The van der Waals surface area contributed by atoms with Crippen LogP contribution in [-0.4, -0.2) is 16.8 Å². The van der Waals surface area contributed by atoms with Crippen molar-refractivity contribution in [3.8, 4) is 0 Å². The van der Waals surface area contributed by atoms with Gasteiger partial charge in [-0.3, -0.25) is 9.59 Å². The lowest BCUT2D eigenvalue weighted by molar-refractivity contribution is 0.101. The number of amides is 1. The lowest BCUT2D eigenvalue weighted by atomic mass is 10.0. The first kappa shape index (κ1) is 15.9. The lowest BCUT2D eigenvalue weighted by Gasteiger charge is -2.10. The van der Waals surface area contributed by atoms with E-state index in [2.05, 4.69) is 10.5 Å². The first-order valence-corrected chi connectivity index (χ1v) is 7.20. The second kappa shape index (κ2) is 6.13. The van der Waals surface area contributed by atoms with Crippen molar-refractivity contribution < 1.29 is 14.1 Å². The minimum absolute atomic E-state index is 0.0421. The van der Waals surface area contributed by atoms with Crippen LogP contribution in [0.25, 0.3) is 0 Å². The average Bonchev–Trinajstić information content (AvgIpc) is 2.83. The highest BCUT2D eigenvalue weighted by Gasteiger charge is 2.23. The maximum absolute atomic E-state index is 12.6. The van der Waals surface area contributed by atoms with Crippen molar-refractivity contribution in [3.63, 3.8) is 0 Å². The molecule has 0 atom stereocenters. The van der Waals surface area contributed by atoms with Gasteiger partial charge in [0.25, 0.3) is 5.91 Å². The van der Waals surface area contributed by atoms with Crippen LogP contribution in [0.15, 0.2) is 22.7 Å². The molecule has 22 heavy (non-hydrogen) atoms. The monoisotopic (exact) mass is 300 g/mol. The van der Waals surface area contributed by atoms with Crippen LogP contribution in [-0.2, 0) is 0 Å². The molecule has 0 unspecified atom stereocenters. The van der Waals surface area contributed by atoms with Crippen LogP contribution in [0.1, 0.15) is 64.4 Å². The SMILES string of the molecule is CC(=O)c1ccc(C)c(NC(=O)c2c(C)noc2C(C)C)c1. The van der Waals surface area contributed by atoms with Gasteiger partial charge in [-0.2, -0.15) is 0 Å². The van der Waals surface area contributed by atoms with E-state index >= 15 is 0 Å². The average molecular weight is 300 g/mol. The largest absolute Gasteiger partial charge is 0.360 e. The predicted molar refractivity (Wildman–Crippen MR) is 84.5 cm³/mol. The topological polar surface area (TPSA) is 72.2 Å². The van der Waals surface area contributed by atoms with Crippen molar-refractivity contribution >= 4 is 17.4 Å². The zero-order valence-electron chi connectivity index (χ0n) is 13.5. The summed E-state index contributed by atoms with van der Waals surface area (Å²) in [6, 6.07) is 5.25. The Morgan fingerprint density at radius 1 is 1.23 bits per heavy atom. The Morgan fingerprint density at radius 3 is 2.50 bits per heavy atom. The number of hydrogen-bond acceptors (Lipinski definition) is 4. The number of aromatic nitrogens is 1. The molecule has 1 N–H and O–H groups in total. The highest BCUT2D eigenvalue weighted by molar-refractivity contribution is 6.07. The third kappa shape index (κ3) is 3.08. The van der Waals surface area contributed by atoms with E-state index in [1.54, 1.807) is 19.1 Å². The molecule has 116 valence electrons. The summed E-state index contributed by atoms with van der Waals surface area (Å²) >= 11 is 0. The van der Waals surface area contributed by atoms with Crippen LogP contribution in [0.2, 0.25) is 0 Å². The summed E-state index contributed by atoms with van der Waals surface area (Å²) < 4.78 is 5.24. The minimum atomic E-state index is -0.272. The minimum Gasteiger partial charge on any atom is -0.360 e. The Kier molecular flexibility index (Phi) is 4.45. The second-order valence-corrected chi connectivity index (χ2v) is 5.70. The fraction of sp³-hybridized carbons (Fsp3) is 0.353. The van der Waals surface area contributed by atoms with Crippen LogP contribution < -0.4 is 5.32 Å². The second-order valence-electron chi connectivity index (χ2n) is 5.70. The molecule has 1 amide bonds. The van der Waals surface area contributed by atoms with E-state index in [0.29, 0.717) is 28.3 Å². The van der Waals surface area contributed by atoms with E-state index in [1.165, 1.54) is 6.92 Å². The van der Waals surface area contributed by atoms with Crippen molar-refractivity contribution in [2.45, 2.75) is 40.5 Å². The zero-order valence-corrected chi connectivity index (χ0v) is 13.5. The lowest BCUT2D eigenvalue weighted by Crippen LogP contribution is -2.16. The first-order valence-electron chi connectivity index (χ1n) is 7.20. The van der Waals surface area contributed by atoms with Crippen LogP contribution >= 0.6 is 0 Å². The molecule has 0 radical (unpaired) electrons. The molecule has 1 heterocycles. The van der Waals surface area contributed by atoms with E-state index in [9.17, 15) is 9.59 Å². The Balaban J connectivity index is 2.36. The van der Waals surface area contributed by atoms with Crippen molar-refractivity contribution in [2.24, 2.45) is 0 Å². The van der Waals surface area contributed by atoms with Crippen LogP contribution in [0.3, 0.4) is 0 Å². The fourth-order valence-electron chi connectivity index (χ4n) is 2.22. The fourth-order valence-corrected chi connectivity index (χ4v) is 2.22. The number of nitrogens with zero attached hydrogens (tertiary/aromatic N) is 1. The number of carbonyl (C=O) groups is 2. The van der Waals surface area contributed by atoms with E-state index in [1.807, 2.05) is 26.8 Å². The molecule has 0 bridgehead atoms. The molecule has 2 rings (SSSR count). The number of Topliss-reactive ketones (excluding diaryl/α,β-unsaturated/α-hetero) is 1. The molecule has 5 heteroatoms. The van der Waals surface area contributed by atoms with Crippen LogP contribution in [0.5, 0.6) is 0 Å². The molecule has 0 fully saturated rings. The Hall–Kier alpha value is -2.43. The van der Waals surface area contributed by atoms with Gasteiger partial charge in [-0.15, -0.1) is 0 Å². The summed E-state index contributed by atoms with van der Waals surface area (Å²) in [5.41, 5.74) is 3.09. The van der Waals surface area contributed by atoms with Gasteiger partial charge in [0.15, 0.2) is 11.5 Å². The van der Waals surface area contributed by atoms with Gasteiger partial charge in [-0.05, 0) is 32.4 Å². The normalized spacial score (nSPS) is 10.8. The van der Waals surface area contributed by atoms with Gasteiger partial charge in [0.2, 0.25) is 0 Å². The summed E-state index contributed by atoms with van der Waals surface area (Å²) in [5.74, 6) is 0.313. The van der Waals surface area contributed by atoms with E-state index in [4.69, 9.17) is 4.52 Å². The number of rotatable bonds is 4. The van der Waals surface area contributed by atoms with Crippen LogP contribution in [0.4, 0.5) is 5.69 Å². The van der Waals surface area contributed by atoms with Gasteiger partial charge in [0, 0.05) is 17.2 Å². The maximum Gasteiger partial charge on any atom is 0.261 e. The van der Waals surface area contributed by atoms with Gasteiger partial charge in [0.1, 0.15) is 5.56 Å². The van der Waals surface area contributed by atoms with E-state index < -0.39 is 0 Å². The third-order valence-corrected chi connectivity index (χ3v) is 3.53. The molecule has 0 aliphatic rings. The standard InChI is InChI=1S/C17H20N2O3/c1-9(2)16-15(11(4)19-22-16)17(21)18-14-8-13(12(5)20)7-6-10(14)3/h6-9H,1-5H3,(H,18,21). The number of aryl methyl sites for hydroxylation is 2. The molecule has 0 aliphatic carbocycles. The number of anilines is 1. The third-order valence-electron chi connectivity index (χ3n) is 3.53. The first-order chi connectivity index (χ1) is 10.3. The van der Waals surface area contributed by atoms with Crippen molar-refractivity contribution in [2.75, 3.05) is 5.32 Å². The molecular weight excluding hydrogens is 280 g/mol. The summed E-state index contributed by atoms with van der Waals surface area (Å²) in [4.78, 5) is 24.0. The van der Waals surface area contributed by atoms with Crippen molar-refractivity contribution in [3.05, 3.63) is 46.3 Å². The van der Waals surface area contributed by atoms with Crippen molar-refractivity contribution in [1.29, 1.82) is 0 Å². The predicted octanol–water partition coefficient (Wildman–Crippen LogP) is 3.87. The summed E-state index contributed by atoms with van der Waals surface area (Å²) in [6.07, 6.45) is 0. The van der Waals surface area contributed by atoms with Gasteiger partial charge in [0.05, 0.1) is 5.69 Å². The van der Waals surface area contributed by atoms with Gasteiger partial charge < -0.3 is 9.84 Å². The Morgan fingerprint density at radius 2 is 1.91 bits per heavy atom. The van der Waals surface area contributed by atoms with E-state index in [-0.39, 0.29) is 17.6 Å². The highest BCUT2D eigenvalue weighted by atomic mass is 16.5. The van der Waals surface area contributed by atoms with Gasteiger partial charge >= 0.3 is 0 Å². The zero-order chi connectivity index (χ0) is 16.4.